The summed E-state index contributed by atoms with van der Waals surface area (Å²) in [5.74, 6) is 0. The van der Waals surface area contributed by atoms with E-state index in [1.807, 2.05) is 0 Å². The van der Waals surface area contributed by atoms with Crippen LogP contribution in [0.4, 0.5) is 11.4 Å². The molecular weight excluding hydrogens is 230 g/mol. The number of nitrogens with two attached hydrogens (primary N) is 1. The lowest BCUT2D eigenvalue weighted by Crippen LogP contribution is -2.31. The first-order valence-electron chi connectivity index (χ1n) is 6.22. The van der Waals surface area contributed by atoms with Crippen molar-refractivity contribution in [2.75, 3.05) is 12.3 Å². The van der Waals surface area contributed by atoms with Crippen molar-refractivity contribution >= 4 is 11.4 Å². The Morgan fingerprint density at radius 2 is 2.11 bits per heavy atom. The standard InChI is InChI=1S/C13H21N3O2/c1-4-7-15(10(2)3)9-11-5-6-13(16(17)18)12(14)8-11/h5-6,8,10H,4,7,9,14H2,1-3H3. The predicted molar refractivity (Wildman–Crippen MR) is 73.3 cm³/mol. The minimum absolute atomic E-state index is 0.0228. The normalized spacial score (nSPS) is 11.2. The van der Waals surface area contributed by atoms with Crippen LogP contribution in [0, 0.1) is 10.1 Å². The summed E-state index contributed by atoms with van der Waals surface area (Å²) in [5.41, 5.74) is 6.91. The molecule has 18 heavy (non-hydrogen) atoms. The van der Waals surface area contributed by atoms with Gasteiger partial charge in [0.1, 0.15) is 5.69 Å². The second-order valence-corrected chi connectivity index (χ2v) is 4.71. The van der Waals surface area contributed by atoms with Gasteiger partial charge >= 0.3 is 0 Å². The van der Waals surface area contributed by atoms with Gasteiger partial charge in [0, 0.05) is 18.7 Å². The van der Waals surface area contributed by atoms with E-state index in [1.54, 1.807) is 12.1 Å². The lowest BCUT2D eigenvalue weighted by Gasteiger charge is -2.26. The van der Waals surface area contributed by atoms with Crippen LogP contribution in [0.25, 0.3) is 0 Å². The number of anilines is 1. The van der Waals surface area contributed by atoms with Crippen LogP contribution in [0.5, 0.6) is 0 Å². The minimum atomic E-state index is -0.453. The number of nitro benzene ring substituents is 1. The van der Waals surface area contributed by atoms with E-state index < -0.39 is 4.92 Å². The summed E-state index contributed by atoms with van der Waals surface area (Å²) in [6.07, 6.45) is 1.08. The van der Waals surface area contributed by atoms with Gasteiger partial charge in [-0.2, -0.15) is 0 Å². The number of hydrogen-bond donors (Lipinski definition) is 1. The Labute approximate surface area is 108 Å². The van der Waals surface area contributed by atoms with Crippen LogP contribution in [-0.4, -0.2) is 22.4 Å². The first-order chi connectivity index (χ1) is 8.45. The van der Waals surface area contributed by atoms with E-state index >= 15 is 0 Å². The number of nitro groups is 1. The zero-order valence-electron chi connectivity index (χ0n) is 11.2. The van der Waals surface area contributed by atoms with E-state index in [0.717, 1.165) is 25.1 Å². The van der Waals surface area contributed by atoms with Crippen molar-refractivity contribution in [3.8, 4) is 0 Å². The van der Waals surface area contributed by atoms with E-state index in [9.17, 15) is 10.1 Å². The second-order valence-electron chi connectivity index (χ2n) is 4.71. The highest BCUT2D eigenvalue weighted by molar-refractivity contribution is 5.59. The molecule has 0 saturated carbocycles. The maximum atomic E-state index is 10.7. The molecule has 5 heteroatoms. The fraction of sp³-hybridized carbons (Fsp3) is 0.538. The molecular formula is C13H21N3O2. The zero-order valence-corrected chi connectivity index (χ0v) is 11.2. The van der Waals surface area contributed by atoms with E-state index in [-0.39, 0.29) is 11.4 Å². The highest BCUT2D eigenvalue weighted by atomic mass is 16.6. The summed E-state index contributed by atoms with van der Waals surface area (Å²) >= 11 is 0. The van der Waals surface area contributed by atoms with Crippen molar-refractivity contribution < 1.29 is 4.92 Å². The van der Waals surface area contributed by atoms with Crippen LogP contribution in [0.15, 0.2) is 18.2 Å². The Balaban J connectivity index is 2.84. The summed E-state index contributed by atoms with van der Waals surface area (Å²) in [6.45, 7) is 8.21. The molecule has 0 heterocycles. The highest BCUT2D eigenvalue weighted by Gasteiger charge is 2.14. The van der Waals surface area contributed by atoms with Gasteiger partial charge in [0.2, 0.25) is 0 Å². The molecule has 0 amide bonds. The lowest BCUT2D eigenvalue weighted by atomic mass is 10.1. The van der Waals surface area contributed by atoms with Gasteiger partial charge in [-0.05, 0) is 38.4 Å². The molecule has 0 fully saturated rings. The molecule has 0 spiro atoms. The number of nitrogen functional groups attached to an aromatic ring is 1. The molecule has 2 N–H and O–H groups in total. The van der Waals surface area contributed by atoms with Crippen LogP contribution in [-0.2, 0) is 6.54 Å². The van der Waals surface area contributed by atoms with Gasteiger partial charge in [-0.3, -0.25) is 15.0 Å². The Hall–Kier alpha value is -1.62. The highest BCUT2D eigenvalue weighted by Crippen LogP contribution is 2.23. The Morgan fingerprint density at radius 3 is 2.56 bits per heavy atom. The maximum Gasteiger partial charge on any atom is 0.292 e. The number of nitrogens with zero attached hydrogens (tertiary/aromatic N) is 2. The van der Waals surface area contributed by atoms with Gasteiger partial charge in [-0.15, -0.1) is 0 Å². The second kappa shape index (κ2) is 6.35. The van der Waals surface area contributed by atoms with Gasteiger partial charge in [0.05, 0.1) is 4.92 Å². The maximum absolute atomic E-state index is 10.7. The topological polar surface area (TPSA) is 72.4 Å². The van der Waals surface area contributed by atoms with Crippen molar-refractivity contribution in [1.82, 2.24) is 4.90 Å². The molecule has 0 aromatic heterocycles. The van der Waals surface area contributed by atoms with Gasteiger partial charge < -0.3 is 5.73 Å². The summed E-state index contributed by atoms with van der Waals surface area (Å²) in [4.78, 5) is 12.5. The molecule has 0 saturated heterocycles. The number of hydrogen-bond acceptors (Lipinski definition) is 4. The third-order valence-electron chi connectivity index (χ3n) is 2.92. The van der Waals surface area contributed by atoms with E-state index in [0.29, 0.717) is 6.04 Å². The summed E-state index contributed by atoms with van der Waals surface area (Å²) < 4.78 is 0. The average molecular weight is 251 g/mol. The van der Waals surface area contributed by atoms with Crippen molar-refractivity contribution in [1.29, 1.82) is 0 Å². The van der Waals surface area contributed by atoms with E-state index in [4.69, 9.17) is 5.73 Å². The molecule has 1 rings (SSSR count). The van der Waals surface area contributed by atoms with Gasteiger partial charge in [-0.25, -0.2) is 0 Å². The number of rotatable bonds is 6. The van der Waals surface area contributed by atoms with Gasteiger partial charge in [-0.1, -0.05) is 13.0 Å². The predicted octanol–water partition coefficient (Wildman–Crippen LogP) is 2.80. The largest absolute Gasteiger partial charge is 0.393 e. The first-order valence-corrected chi connectivity index (χ1v) is 6.22. The first kappa shape index (κ1) is 14.4. The molecule has 0 aliphatic carbocycles. The van der Waals surface area contributed by atoms with Crippen molar-refractivity contribution in [3.05, 3.63) is 33.9 Å². The fourth-order valence-electron chi connectivity index (χ4n) is 1.91. The van der Waals surface area contributed by atoms with Crippen LogP contribution in [0.3, 0.4) is 0 Å². The smallest absolute Gasteiger partial charge is 0.292 e. The summed E-state index contributed by atoms with van der Waals surface area (Å²) in [6, 6.07) is 5.40. The van der Waals surface area contributed by atoms with Crippen LogP contribution < -0.4 is 5.73 Å². The molecule has 0 bridgehead atoms. The van der Waals surface area contributed by atoms with Crippen molar-refractivity contribution in [2.45, 2.75) is 39.8 Å². The SMILES string of the molecule is CCCN(Cc1ccc([N+](=O)[O-])c(N)c1)C(C)C. The molecule has 0 aliphatic heterocycles. The zero-order chi connectivity index (χ0) is 13.7. The molecule has 0 atom stereocenters. The lowest BCUT2D eigenvalue weighted by molar-refractivity contribution is -0.383. The molecule has 0 aliphatic rings. The summed E-state index contributed by atoms with van der Waals surface area (Å²) in [7, 11) is 0. The van der Waals surface area contributed by atoms with E-state index in [2.05, 4.69) is 25.7 Å². The average Bonchev–Trinajstić information content (AvgIpc) is 2.27. The van der Waals surface area contributed by atoms with Crippen molar-refractivity contribution in [3.63, 3.8) is 0 Å². The number of benzene rings is 1. The monoisotopic (exact) mass is 251 g/mol. The van der Waals surface area contributed by atoms with Crippen LogP contribution in [0.2, 0.25) is 0 Å². The molecule has 100 valence electrons. The molecule has 5 nitrogen and oxygen atoms in total. The van der Waals surface area contributed by atoms with Gasteiger partial charge in [0.25, 0.3) is 5.69 Å². The van der Waals surface area contributed by atoms with Crippen LogP contribution in [0.1, 0.15) is 32.8 Å². The van der Waals surface area contributed by atoms with Crippen LogP contribution >= 0.6 is 0 Å². The third kappa shape index (κ3) is 3.70. The molecule has 1 aromatic rings. The van der Waals surface area contributed by atoms with Gasteiger partial charge in [0.15, 0.2) is 0 Å². The Morgan fingerprint density at radius 1 is 1.44 bits per heavy atom. The Kier molecular flexibility index (Phi) is 5.09. The fourth-order valence-corrected chi connectivity index (χ4v) is 1.91. The quantitative estimate of drug-likeness (QED) is 0.479. The Bertz CT molecular complexity index is 419. The molecule has 0 radical (unpaired) electrons. The van der Waals surface area contributed by atoms with Crippen molar-refractivity contribution in [2.24, 2.45) is 0 Å². The minimum Gasteiger partial charge on any atom is -0.393 e. The third-order valence-corrected chi connectivity index (χ3v) is 2.92. The summed E-state index contributed by atoms with van der Waals surface area (Å²) in [5, 5.41) is 10.7. The molecule has 0 unspecified atom stereocenters. The van der Waals surface area contributed by atoms with E-state index in [1.165, 1.54) is 6.07 Å². The molecule has 1 aromatic carbocycles.